The van der Waals surface area contributed by atoms with Crippen LogP contribution in [0.1, 0.15) is 39.0 Å². The molecule has 1 aromatic carbocycles. The molecule has 1 saturated carbocycles. The maximum Gasteiger partial charge on any atom is 0.227 e. The van der Waals surface area contributed by atoms with E-state index in [1.807, 2.05) is 24.3 Å². The van der Waals surface area contributed by atoms with Crippen LogP contribution in [0.25, 0.3) is 0 Å². The lowest BCUT2D eigenvalue weighted by atomic mass is 10.1. The van der Waals surface area contributed by atoms with Gasteiger partial charge in [0.15, 0.2) is 0 Å². The molecule has 2 rings (SSSR count). The van der Waals surface area contributed by atoms with Crippen molar-refractivity contribution in [2.24, 2.45) is 11.7 Å². The molecule has 4 nitrogen and oxygen atoms in total. The number of hydrogen-bond acceptors (Lipinski definition) is 3. The van der Waals surface area contributed by atoms with Crippen LogP contribution in [-0.2, 0) is 4.79 Å². The van der Waals surface area contributed by atoms with Crippen LogP contribution in [0.5, 0.6) is 5.75 Å². The van der Waals surface area contributed by atoms with Gasteiger partial charge < -0.3 is 15.8 Å². The van der Waals surface area contributed by atoms with Crippen molar-refractivity contribution in [2.45, 2.75) is 45.1 Å². The van der Waals surface area contributed by atoms with Crippen molar-refractivity contribution in [3.63, 3.8) is 0 Å². The van der Waals surface area contributed by atoms with Crippen LogP contribution in [0, 0.1) is 5.92 Å². The predicted octanol–water partition coefficient (Wildman–Crippen LogP) is 2.93. The van der Waals surface area contributed by atoms with Crippen LogP contribution < -0.4 is 15.8 Å². The van der Waals surface area contributed by atoms with Gasteiger partial charge in [-0.05, 0) is 37.8 Å². The average Bonchev–Trinajstić information content (AvgIpc) is 2.88. The minimum atomic E-state index is 0.0358. The topological polar surface area (TPSA) is 64.3 Å². The molecule has 0 bridgehead atoms. The fourth-order valence-corrected chi connectivity index (χ4v) is 2.51. The van der Waals surface area contributed by atoms with Gasteiger partial charge in [0.2, 0.25) is 5.91 Å². The summed E-state index contributed by atoms with van der Waals surface area (Å²) in [4.78, 5) is 12.2. The summed E-state index contributed by atoms with van der Waals surface area (Å²) in [5.41, 5.74) is 6.62. The van der Waals surface area contributed by atoms with Gasteiger partial charge in [-0.25, -0.2) is 0 Å². The minimum Gasteiger partial charge on any atom is -0.491 e. The molecule has 0 heterocycles. The molecule has 1 aliphatic rings. The Hall–Kier alpha value is -1.55. The second kappa shape index (κ2) is 7.29. The molecule has 2 atom stereocenters. The molecule has 0 radical (unpaired) electrons. The van der Waals surface area contributed by atoms with E-state index in [1.165, 1.54) is 0 Å². The molecule has 1 amide bonds. The Morgan fingerprint density at radius 1 is 1.40 bits per heavy atom. The highest BCUT2D eigenvalue weighted by Gasteiger charge is 2.28. The minimum absolute atomic E-state index is 0.0358. The number of amides is 1. The quantitative estimate of drug-likeness (QED) is 0.785. The molecule has 1 fully saturated rings. The molecule has 1 aliphatic carbocycles. The molecule has 3 N–H and O–H groups in total. The molecule has 0 aromatic heterocycles. The van der Waals surface area contributed by atoms with Gasteiger partial charge in [-0.1, -0.05) is 25.5 Å². The van der Waals surface area contributed by atoms with Crippen molar-refractivity contribution in [1.82, 2.24) is 0 Å². The molecule has 2 unspecified atom stereocenters. The molecule has 20 heavy (non-hydrogen) atoms. The average molecular weight is 276 g/mol. The smallest absolute Gasteiger partial charge is 0.227 e. The van der Waals surface area contributed by atoms with Crippen LogP contribution in [0.3, 0.4) is 0 Å². The standard InChI is InChI=1S/C16H24N2O2/c1-2-3-10-20-15-7-5-4-6-14(15)18-16(19)12-8-9-13(17)11-12/h4-7,12-13H,2-3,8-11,17H2,1H3,(H,18,19). The first-order valence-electron chi connectivity index (χ1n) is 7.49. The molecule has 1 aromatic rings. The van der Waals surface area contributed by atoms with Crippen LogP contribution in [0.4, 0.5) is 5.69 Å². The van der Waals surface area contributed by atoms with E-state index in [2.05, 4.69) is 12.2 Å². The lowest BCUT2D eigenvalue weighted by Gasteiger charge is -2.14. The number of hydrogen-bond donors (Lipinski definition) is 2. The van der Waals surface area contributed by atoms with E-state index in [1.54, 1.807) is 0 Å². The third-order valence-electron chi connectivity index (χ3n) is 3.74. The SMILES string of the molecule is CCCCOc1ccccc1NC(=O)C1CCC(N)C1. The zero-order valence-corrected chi connectivity index (χ0v) is 12.1. The number of benzene rings is 1. The van der Waals surface area contributed by atoms with E-state index in [0.717, 1.165) is 43.5 Å². The maximum atomic E-state index is 12.2. The highest BCUT2D eigenvalue weighted by molar-refractivity contribution is 5.94. The van der Waals surface area contributed by atoms with Gasteiger partial charge in [-0.15, -0.1) is 0 Å². The van der Waals surface area contributed by atoms with E-state index < -0.39 is 0 Å². The van der Waals surface area contributed by atoms with Crippen LogP contribution in [0.2, 0.25) is 0 Å². The van der Waals surface area contributed by atoms with Crippen molar-refractivity contribution < 1.29 is 9.53 Å². The van der Waals surface area contributed by atoms with Gasteiger partial charge in [0, 0.05) is 12.0 Å². The molecular formula is C16H24N2O2. The highest BCUT2D eigenvalue weighted by Crippen LogP contribution is 2.28. The lowest BCUT2D eigenvalue weighted by molar-refractivity contribution is -0.119. The molecule has 110 valence electrons. The molecule has 4 heteroatoms. The summed E-state index contributed by atoms with van der Waals surface area (Å²) < 4.78 is 5.72. The van der Waals surface area contributed by atoms with Gasteiger partial charge in [-0.2, -0.15) is 0 Å². The van der Waals surface area contributed by atoms with Crippen molar-refractivity contribution in [3.05, 3.63) is 24.3 Å². The van der Waals surface area contributed by atoms with Gasteiger partial charge in [-0.3, -0.25) is 4.79 Å². The van der Waals surface area contributed by atoms with Gasteiger partial charge in [0.1, 0.15) is 5.75 Å². The number of anilines is 1. The third kappa shape index (κ3) is 3.97. The fourth-order valence-electron chi connectivity index (χ4n) is 2.51. The Balaban J connectivity index is 1.96. The first-order chi connectivity index (χ1) is 9.70. The number of unbranched alkanes of at least 4 members (excludes halogenated alkanes) is 1. The van der Waals surface area contributed by atoms with E-state index in [0.29, 0.717) is 6.61 Å². The third-order valence-corrected chi connectivity index (χ3v) is 3.74. The monoisotopic (exact) mass is 276 g/mol. The van der Waals surface area contributed by atoms with Gasteiger partial charge >= 0.3 is 0 Å². The zero-order valence-electron chi connectivity index (χ0n) is 12.1. The zero-order chi connectivity index (χ0) is 14.4. The van der Waals surface area contributed by atoms with Crippen molar-refractivity contribution >= 4 is 11.6 Å². The number of nitrogens with one attached hydrogen (secondary N) is 1. The summed E-state index contributed by atoms with van der Waals surface area (Å²) in [6.07, 6.45) is 4.71. The molecular weight excluding hydrogens is 252 g/mol. The van der Waals surface area contributed by atoms with Crippen molar-refractivity contribution in [2.75, 3.05) is 11.9 Å². The van der Waals surface area contributed by atoms with E-state index in [-0.39, 0.29) is 17.9 Å². The predicted molar refractivity (Wildman–Crippen MR) is 80.8 cm³/mol. The van der Waals surface area contributed by atoms with Crippen LogP contribution in [-0.4, -0.2) is 18.6 Å². The number of carbonyl (C=O) groups excluding carboxylic acids is 1. The Bertz CT molecular complexity index is 448. The Labute approximate surface area is 120 Å². The summed E-state index contributed by atoms with van der Waals surface area (Å²) in [5.74, 6) is 0.842. The highest BCUT2D eigenvalue weighted by atomic mass is 16.5. The van der Waals surface area contributed by atoms with Crippen LogP contribution >= 0.6 is 0 Å². The molecule has 0 aliphatic heterocycles. The fraction of sp³-hybridized carbons (Fsp3) is 0.562. The number of ether oxygens (including phenoxy) is 1. The van der Waals surface area contributed by atoms with Gasteiger partial charge in [0.25, 0.3) is 0 Å². The Morgan fingerprint density at radius 3 is 2.90 bits per heavy atom. The summed E-state index contributed by atoms with van der Waals surface area (Å²) in [7, 11) is 0. The number of para-hydroxylation sites is 2. The molecule has 0 spiro atoms. The van der Waals surface area contributed by atoms with Crippen LogP contribution in [0.15, 0.2) is 24.3 Å². The number of carbonyl (C=O) groups is 1. The summed E-state index contributed by atoms with van der Waals surface area (Å²) in [6.45, 7) is 2.80. The largest absolute Gasteiger partial charge is 0.491 e. The van der Waals surface area contributed by atoms with Crippen molar-refractivity contribution in [3.8, 4) is 5.75 Å². The first kappa shape index (κ1) is 14.9. The summed E-state index contributed by atoms with van der Waals surface area (Å²) in [5, 5.41) is 2.98. The summed E-state index contributed by atoms with van der Waals surface area (Å²) >= 11 is 0. The number of rotatable bonds is 6. The van der Waals surface area contributed by atoms with E-state index >= 15 is 0 Å². The van der Waals surface area contributed by atoms with E-state index in [4.69, 9.17) is 10.5 Å². The second-order valence-electron chi connectivity index (χ2n) is 5.46. The van der Waals surface area contributed by atoms with Gasteiger partial charge in [0.05, 0.1) is 12.3 Å². The first-order valence-corrected chi connectivity index (χ1v) is 7.49. The Morgan fingerprint density at radius 2 is 2.20 bits per heavy atom. The van der Waals surface area contributed by atoms with Crippen molar-refractivity contribution in [1.29, 1.82) is 0 Å². The normalized spacial score (nSPS) is 21.7. The maximum absolute atomic E-state index is 12.2. The second-order valence-corrected chi connectivity index (χ2v) is 5.46. The van der Waals surface area contributed by atoms with E-state index in [9.17, 15) is 4.79 Å². The number of nitrogens with two attached hydrogens (primary N) is 1. The lowest BCUT2D eigenvalue weighted by Crippen LogP contribution is -2.23. The molecule has 0 saturated heterocycles. The summed E-state index contributed by atoms with van der Waals surface area (Å²) in [6, 6.07) is 7.77. The Kier molecular flexibility index (Phi) is 5.41.